The van der Waals surface area contributed by atoms with Crippen LogP contribution in [0, 0.1) is 13.8 Å². The van der Waals surface area contributed by atoms with Gasteiger partial charge in [-0.3, -0.25) is 0 Å². The number of hydrogen-bond acceptors (Lipinski definition) is 0. The van der Waals surface area contributed by atoms with E-state index in [0.717, 1.165) is 0 Å². The monoisotopic (exact) mass is 254 g/mol. The maximum atomic E-state index is 2.33. The van der Waals surface area contributed by atoms with E-state index in [-0.39, 0.29) is 5.41 Å². The first-order valence-electron chi connectivity index (χ1n) is 7.27. The van der Waals surface area contributed by atoms with Crippen molar-refractivity contribution < 1.29 is 0 Å². The zero-order valence-electron chi connectivity index (χ0n) is 13.4. The third-order valence-electron chi connectivity index (χ3n) is 4.11. The molecule has 0 unspecified atom stereocenters. The van der Waals surface area contributed by atoms with Crippen LogP contribution >= 0.6 is 0 Å². The van der Waals surface area contributed by atoms with Gasteiger partial charge in [-0.15, -0.1) is 0 Å². The molecule has 0 amide bonds. The molecule has 0 nitrogen and oxygen atoms in total. The smallest absolute Gasteiger partial charge is 0.0126 e. The van der Waals surface area contributed by atoms with Crippen LogP contribution in [0.1, 0.15) is 62.8 Å². The second-order valence-corrected chi connectivity index (χ2v) is 6.99. The molecule has 2 aromatic rings. The largest absolute Gasteiger partial charge is 0.0616 e. The fourth-order valence-corrected chi connectivity index (χ4v) is 3.49. The number of fused-ring (bicyclic) bond motifs is 1. The average molecular weight is 254 g/mol. The van der Waals surface area contributed by atoms with Gasteiger partial charge in [0, 0.05) is 0 Å². The van der Waals surface area contributed by atoms with Gasteiger partial charge in [-0.1, -0.05) is 58.9 Å². The van der Waals surface area contributed by atoms with E-state index < -0.39 is 0 Å². The molecule has 0 N–H and O–H groups in total. The SMILES string of the molecule is Cc1c(C(C)C)c(C(C)(C)C)c(C)c2ccccc12. The second-order valence-electron chi connectivity index (χ2n) is 6.99. The van der Waals surface area contributed by atoms with Gasteiger partial charge in [0.1, 0.15) is 0 Å². The fourth-order valence-electron chi connectivity index (χ4n) is 3.49. The third-order valence-corrected chi connectivity index (χ3v) is 4.11. The lowest BCUT2D eigenvalue weighted by Gasteiger charge is -2.30. The molecule has 0 heteroatoms. The van der Waals surface area contributed by atoms with Gasteiger partial charge >= 0.3 is 0 Å². The van der Waals surface area contributed by atoms with Crippen LogP contribution in [0.5, 0.6) is 0 Å². The van der Waals surface area contributed by atoms with Crippen molar-refractivity contribution >= 4 is 10.8 Å². The predicted molar refractivity (Wildman–Crippen MR) is 86.2 cm³/mol. The van der Waals surface area contributed by atoms with Crippen LogP contribution in [0.3, 0.4) is 0 Å². The van der Waals surface area contributed by atoms with Crippen molar-refractivity contribution in [3.05, 3.63) is 46.5 Å². The molecular weight excluding hydrogens is 228 g/mol. The highest BCUT2D eigenvalue weighted by molar-refractivity contribution is 5.91. The Bertz CT molecular complexity index is 610. The Labute approximate surface area is 117 Å². The molecule has 0 aliphatic carbocycles. The normalized spacial score (nSPS) is 12.4. The summed E-state index contributed by atoms with van der Waals surface area (Å²) in [4.78, 5) is 0. The molecule has 0 spiro atoms. The summed E-state index contributed by atoms with van der Waals surface area (Å²) in [5.41, 5.74) is 6.19. The highest BCUT2D eigenvalue weighted by Gasteiger charge is 2.25. The maximum absolute atomic E-state index is 2.33. The first kappa shape index (κ1) is 14.1. The lowest BCUT2D eigenvalue weighted by Crippen LogP contribution is -2.18. The average Bonchev–Trinajstić information content (AvgIpc) is 2.31. The summed E-state index contributed by atoms with van der Waals surface area (Å²) in [6.07, 6.45) is 0. The third kappa shape index (κ3) is 2.29. The summed E-state index contributed by atoms with van der Waals surface area (Å²) in [7, 11) is 0. The van der Waals surface area contributed by atoms with E-state index in [0.29, 0.717) is 5.92 Å². The highest BCUT2D eigenvalue weighted by atomic mass is 14.3. The molecule has 0 saturated carbocycles. The molecule has 19 heavy (non-hydrogen) atoms. The molecule has 2 rings (SSSR count). The molecule has 0 radical (unpaired) electrons. The van der Waals surface area contributed by atoms with Crippen molar-refractivity contribution in [2.24, 2.45) is 0 Å². The Morgan fingerprint density at radius 2 is 1.32 bits per heavy atom. The van der Waals surface area contributed by atoms with Gasteiger partial charge < -0.3 is 0 Å². The Hall–Kier alpha value is -1.30. The molecule has 0 aliphatic heterocycles. The number of hydrogen-bond donors (Lipinski definition) is 0. The van der Waals surface area contributed by atoms with Crippen molar-refractivity contribution in [3.63, 3.8) is 0 Å². The van der Waals surface area contributed by atoms with Crippen LogP contribution < -0.4 is 0 Å². The highest BCUT2D eigenvalue weighted by Crippen LogP contribution is 2.40. The summed E-state index contributed by atoms with van der Waals surface area (Å²) >= 11 is 0. The first-order valence-corrected chi connectivity index (χ1v) is 7.27. The molecule has 2 aromatic carbocycles. The van der Waals surface area contributed by atoms with Gasteiger partial charge in [0.2, 0.25) is 0 Å². The van der Waals surface area contributed by atoms with E-state index in [9.17, 15) is 0 Å². The van der Waals surface area contributed by atoms with Crippen LogP contribution in [0.25, 0.3) is 10.8 Å². The first-order chi connectivity index (χ1) is 8.75. The zero-order chi connectivity index (χ0) is 14.4. The van der Waals surface area contributed by atoms with Crippen molar-refractivity contribution in [2.75, 3.05) is 0 Å². The summed E-state index contributed by atoms with van der Waals surface area (Å²) < 4.78 is 0. The molecule has 0 heterocycles. The van der Waals surface area contributed by atoms with E-state index in [1.165, 1.54) is 21.9 Å². The van der Waals surface area contributed by atoms with E-state index >= 15 is 0 Å². The van der Waals surface area contributed by atoms with Crippen LogP contribution in [0.4, 0.5) is 0 Å². The van der Waals surface area contributed by atoms with Gasteiger partial charge in [0.05, 0.1) is 0 Å². The Kier molecular flexibility index (Phi) is 3.47. The number of rotatable bonds is 1. The second kappa shape index (κ2) is 4.67. The minimum atomic E-state index is 0.193. The Morgan fingerprint density at radius 3 is 1.74 bits per heavy atom. The summed E-state index contributed by atoms with van der Waals surface area (Å²) in [5, 5.41) is 2.83. The van der Waals surface area contributed by atoms with Crippen LogP contribution in [0.15, 0.2) is 24.3 Å². The standard InChI is InChI=1S/C19H26/c1-12(2)17-13(3)15-10-8-9-11-16(15)14(4)18(17)19(5,6)7/h8-12H,1-7H3. The van der Waals surface area contributed by atoms with Gasteiger partial charge in [-0.2, -0.15) is 0 Å². The molecule has 0 bridgehead atoms. The van der Waals surface area contributed by atoms with Crippen LogP contribution in [0.2, 0.25) is 0 Å². The Morgan fingerprint density at radius 1 is 0.842 bits per heavy atom. The van der Waals surface area contributed by atoms with E-state index in [2.05, 4.69) is 72.7 Å². The summed E-state index contributed by atoms with van der Waals surface area (Å²) in [6.45, 7) is 16.2. The van der Waals surface area contributed by atoms with Crippen molar-refractivity contribution in [1.29, 1.82) is 0 Å². The van der Waals surface area contributed by atoms with Gasteiger partial charge in [-0.05, 0) is 58.2 Å². The fraction of sp³-hybridized carbons (Fsp3) is 0.474. The van der Waals surface area contributed by atoms with Gasteiger partial charge in [0.25, 0.3) is 0 Å². The van der Waals surface area contributed by atoms with E-state index in [1.807, 2.05) is 0 Å². The van der Waals surface area contributed by atoms with Crippen LogP contribution in [-0.4, -0.2) is 0 Å². The zero-order valence-corrected chi connectivity index (χ0v) is 13.4. The molecule has 0 fully saturated rings. The minimum absolute atomic E-state index is 0.193. The molecule has 0 atom stereocenters. The molecule has 102 valence electrons. The molecule has 0 aromatic heterocycles. The summed E-state index contributed by atoms with van der Waals surface area (Å²) in [5.74, 6) is 0.567. The molecule has 0 saturated heterocycles. The topological polar surface area (TPSA) is 0 Å². The lowest BCUT2D eigenvalue weighted by atomic mass is 9.74. The van der Waals surface area contributed by atoms with E-state index in [1.54, 1.807) is 11.1 Å². The van der Waals surface area contributed by atoms with Crippen molar-refractivity contribution in [1.82, 2.24) is 0 Å². The quantitative estimate of drug-likeness (QED) is 0.596. The maximum Gasteiger partial charge on any atom is -0.0126 e. The van der Waals surface area contributed by atoms with Crippen molar-refractivity contribution in [2.45, 2.75) is 59.8 Å². The minimum Gasteiger partial charge on any atom is -0.0616 e. The van der Waals surface area contributed by atoms with Crippen LogP contribution in [-0.2, 0) is 5.41 Å². The summed E-state index contributed by atoms with van der Waals surface area (Å²) in [6, 6.07) is 8.82. The lowest BCUT2D eigenvalue weighted by molar-refractivity contribution is 0.573. The number of aryl methyl sites for hydroxylation is 2. The van der Waals surface area contributed by atoms with Crippen molar-refractivity contribution in [3.8, 4) is 0 Å². The van der Waals surface area contributed by atoms with Gasteiger partial charge in [0.15, 0.2) is 0 Å². The predicted octanol–water partition coefficient (Wildman–Crippen LogP) is 5.88. The molecular formula is C19H26. The van der Waals surface area contributed by atoms with E-state index in [4.69, 9.17) is 0 Å². The Balaban J connectivity index is 3.01. The number of benzene rings is 2. The molecule has 0 aliphatic rings. The van der Waals surface area contributed by atoms with Gasteiger partial charge in [-0.25, -0.2) is 0 Å².